The van der Waals surface area contributed by atoms with Crippen molar-refractivity contribution in [1.82, 2.24) is 4.98 Å². The summed E-state index contributed by atoms with van der Waals surface area (Å²) in [5.74, 6) is -1.73. The summed E-state index contributed by atoms with van der Waals surface area (Å²) in [6.07, 6.45) is 0. The lowest BCUT2D eigenvalue weighted by molar-refractivity contribution is 0.585. The van der Waals surface area contributed by atoms with Gasteiger partial charge in [-0.3, -0.25) is 0 Å². The zero-order valence-corrected chi connectivity index (χ0v) is 11.2. The maximum atomic E-state index is 13.9. The van der Waals surface area contributed by atoms with Gasteiger partial charge in [0, 0.05) is 0 Å². The van der Waals surface area contributed by atoms with Crippen LogP contribution >= 0.6 is 11.3 Å². The van der Waals surface area contributed by atoms with Gasteiger partial charge in [-0.2, -0.15) is 0 Å². The molecule has 0 saturated heterocycles. The molecule has 0 aliphatic heterocycles. The molecule has 0 amide bonds. The van der Waals surface area contributed by atoms with Gasteiger partial charge >= 0.3 is 0 Å². The highest BCUT2D eigenvalue weighted by atomic mass is 32.1. The number of anilines is 2. The quantitative estimate of drug-likeness (QED) is 0.736. The van der Waals surface area contributed by atoms with Crippen LogP contribution in [0.2, 0.25) is 0 Å². The Morgan fingerprint density at radius 1 is 1.10 bits per heavy atom. The zero-order chi connectivity index (χ0) is 14.3. The molecule has 20 heavy (non-hydrogen) atoms. The Balaban J connectivity index is 2.03. The SMILES string of the molecule is Cc1ccc(F)c(Nc2nc3ccc(F)cc3s2)c1F. The molecule has 2 nitrogen and oxygen atoms in total. The van der Waals surface area contributed by atoms with E-state index in [2.05, 4.69) is 10.3 Å². The summed E-state index contributed by atoms with van der Waals surface area (Å²) in [4.78, 5) is 4.17. The van der Waals surface area contributed by atoms with Crippen molar-refractivity contribution in [1.29, 1.82) is 0 Å². The van der Waals surface area contributed by atoms with Crippen LogP contribution in [-0.4, -0.2) is 4.98 Å². The highest BCUT2D eigenvalue weighted by molar-refractivity contribution is 7.22. The van der Waals surface area contributed by atoms with E-state index < -0.39 is 11.6 Å². The number of aromatic nitrogens is 1. The number of thiazole rings is 1. The molecule has 0 aliphatic carbocycles. The fourth-order valence-corrected chi connectivity index (χ4v) is 2.73. The Morgan fingerprint density at radius 2 is 1.90 bits per heavy atom. The highest BCUT2D eigenvalue weighted by Gasteiger charge is 2.13. The fraction of sp³-hybridized carbons (Fsp3) is 0.0714. The maximum Gasteiger partial charge on any atom is 0.188 e. The minimum absolute atomic E-state index is 0.246. The van der Waals surface area contributed by atoms with Crippen LogP contribution in [0, 0.1) is 24.4 Å². The molecule has 2 aromatic carbocycles. The number of fused-ring (bicyclic) bond motifs is 1. The minimum Gasteiger partial charge on any atom is -0.327 e. The molecule has 1 heterocycles. The van der Waals surface area contributed by atoms with Crippen LogP contribution in [0.4, 0.5) is 24.0 Å². The minimum atomic E-state index is -0.696. The second-order valence-corrected chi connectivity index (χ2v) is 5.34. The Hall–Kier alpha value is -2.08. The second-order valence-electron chi connectivity index (χ2n) is 4.31. The molecular formula is C14H9F3N2S. The third-order valence-electron chi connectivity index (χ3n) is 2.87. The summed E-state index contributed by atoms with van der Waals surface area (Å²) >= 11 is 1.13. The monoisotopic (exact) mass is 294 g/mol. The largest absolute Gasteiger partial charge is 0.327 e. The molecule has 1 aromatic heterocycles. The topological polar surface area (TPSA) is 24.9 Å². The molecule has 102 valence electrons. The van der Waals surface area contributed by atoms with E-state index >= 15 is 0 Å². The molecule has 0 atom stereocenters. The van der Waals surface area contributed by atoms with Gasteiger partial charge in [-0.1, -0.05) is 17.4 Å². The van der Waals surface area contributed by atoms with Crippen LogP contribution in [-0.2, 0) is 0 Å². The second kappa shape index (κ2) is 4.79. The lowest BCUT2D eigenvalue weighted by Gasteiger charge is -2.07. The van der Waals surface area contributed by atoms with Gasteiger partial charge in [0.05, 0.1) is 10.2 Å². The molecule has 0 unspecified atom stereocenters. The van der Waals surface area contributed by atoms with Gasteiger partial charge in [-0.05, 0) is 36.8 Å². The Morgan fingerprint density at radius 3 is 2.70 bits per heavy atom. The number of halogens is 3. The molecule has 0 radical (unpaired) electrons. The van der Waals surface area contributed by atoms with Gasteiger partial charge in [0.2, 0.25) is 0 Å². The summed E-state index contributed by atoms with van der Waals surface area (Å²) in [6.45, 7) is 1.55. The van der Waals surface area contributed by atoms with Crippen LogP contribution in [0.1, 0.15) is 5.56 Å². The van der Waals surface area contributed by atoms with E-state index in [1.807, 2.05) is 0 Å². The molecule has 3 aromatic rings. The van der Waals surface area contributed by atoms with Gasteiger partial charge in [0.1, 0.15) is 17.3 Å². The van der Waals surface area contributed by atoms with Gasteiger partial charge < -0.3 is 5.32 Å². The molecule has 0 saturated carbocycles. The van der Waals surface area contributed by atoms with Crippen molar-refractivity contribution in [2.24, 2.45) is 0 Å². The van der Waals surface area contributed by atoms with Crippen molar-refractivity contribution in [3.8, 4) is 0 Å². The van der Waals surface area contributed by atoms with Gasteiger partial charge in [0.25, 0.3) is 0 Å². The van der Waals surface area contributed by atoms with Gasteiger partial charge in [-0.15, -0.1) is 0 Å². The van der Waals surface area contributed by atoms with Crippen LogP contribution in [0.3, 0.4) is 0 Å². The standard InChI is InChI=1S/C14H9F3N2S/c1-7-2-4-9(16)13(12(7)17)19-14-18-10-5-3-8(15)6-11(10)20-14/h2-6H,1H3,(H,18,19). The third-order valence-corrected chi connectivity index (χ3v) is 3.80. The zero-order valence-electron chi connectivity index (χ0n) is 10.4. The van der Waals surface area contributed by atoms with Crippen LogP contribution < -0.4 is 5.32 Å². The van der Waals surface area contributed by atoms with E-state index in [0.717, 1.165) is 11.3 Å². The third kappa shape index (κ3) is 2.22. The predicted octanol–water partition coefficient (Wildman–Crippen LogP) is 4.77. The number of nitrogens with one attached hydrogen (secondary N) is 1. The number of benzene rings is 2. The maximum absolute atomic E-state index is 13.9. The normalized spacial score (nSPS) is 11.0. The molecule has 6 heteroatoms. The first-order valence-corrected chi connectivity index (χ1v) is 6.64. The fourth-order valence-electron chi connectivity index (χ4n) is 1.83. The van der Waals surface area contributed by atoms with Crippen molar-refractivity contribution < 1.29 is 13.2 Å². The van der Waals surface area contributed by atoms with Crippen molar-refractivity contribution in [3.63, 3.8) is 0 Å². The van der Waals surface area contributed by atoms with E-state index in [1.165, 1.54) is 30.3 Å². The van der Waals surface area contributed by atoms with Gasteiger partial charge in [0.15, 0.2) is 10.9 Å². The van der Waals surface area contributed by atoms with Crippen LogP contribution in [0.15, 0.2) is 30.3 Å². The van der Waals surface area contributed by atoms with Crippen molar-refractivity contribution >= 4 is 32.4 Å². The van der Waals surface area contributed by atoms with E-state index in [1.54, 1.807) is 6.92 Å². The smallest absolute Gasteiger partial charge is 0.188 e. The van der Waals surface area contributed by atoms with Gasteiger partial charge in [-0.25, -0.2) is 18.2 Å². The molecule has 0 fully saturated rings. The summed E-state index contributed by atoms with van der Waals surface area (Å²) in [5.41, 5.74) is 0.665. The number of hydrogen-bond acceptors (Lipinski definition) is 3. The number of nitrogens with zero attached hydrogens (tertiary/aromatic N) is 1. The number of aryl methyl sites for hydroxylation is 1. The Labute approximate surface area is 116 Å². The summed E-state index contributed by atoms with van der Waals surface area (Å²) < 4.78 is 41.2. The van der Waals surface area contributed by atoms with E-state index in [0.29, 0.717) is 20.9 Å². The summed E-state index contributed by atoms with van der Waals surface area (Å²) in [7, 11) is 0. The van der Waals surface area contributed by atoms with E-state index in [4.69, 9.17) is 0 Å². The van der Waals surface area contributed by atoms with E-state index in [9.17, 15) is 13.2 Å². The molecule has 3 rings (SSSR count). The first-order valence-electron chi connectivity index (χ1n) is 5.82. The van der Waals surface area contributed by atoms with E-state index in [-0.39, 0.29) is 11.5 Å². The van der Waals surface area contributed by atoms with Crippen molar-refractivity contribution in [3.05, 3.63) is 53.3 Å². The number of rotatable bonds is 2. The Kier molecular flexibility index (Phi) is 3.10. The molecule has 0 bridgehead atoms. The average molecular weight is 294 g/mol. The number of hydrogen-bond donors (Lipinski definition) is 1. The lowest BCUT2D eigenvalue weighted by atomic mass is 10.2. The highest BCUT2D eigenvalue weighted by Crippen LogP contribution is 2.31. The predicted molar refractivity (Wildman–Crippen MR) is 74.0 cm³/mol. The molecule has 0 aliphatic rings. The lowest BCUT2D eigenvalue weighted by Crippen LogP contribution is -1.98. The summed E-state index contributed by atoms with van der Waals surface area (Å²) in [6, 6.07) is 6.70. The first kappa shape index (κ1) is 12.9. The first-order chi connectivity index (χ1) is 9.54. The van der Waals surface area contributed by atoms with Crippen molar-refractivity contribution in [2.45, 2.75) is 6.92 Å². The Bertz CT molecular complexity index is 798. The molecule has 1 N–H and O–H groups in total. The molecular weight excluding hydrogens is 285 g/mol. The average Bonchev–Trinajstić information content (AvgIpc) is 2.81. The van der Waals surface area contributed by atoms with Crippen LogP contribution in [0.25, 0.3) is 10.2 Å². The van der Waals surface area contributed by atoms with Crippen LogP contribution in [0.5, 0.6) is 0 Å². The molecule has 0 spiro atoms. The summed E-state index contributed by atoms with van der Waals surface area (Å²) in [5, 5.41) is 2.94. The van der Waals surface area contributed by atoms with Crippen molar-refractivity contribution in [2.75, 3.05) is 5.32 Å².